The van der Waals surface area contributed by atoms with Gasteiger partial charge in [-0.25, -0.2) is 0 Å². The molecule has 1 N–H and O–H groups in total. The van der Waals surface area contributed by atoms with E-state index >= 15 is 0 Å². The lowest BCUT2D eigenvalue weighted by Crippen LogP contribution is -2.27. The summed E-state index contributed by atoms with van der Waals surface area (Å²) >= 11 is 0. The van der Waals surface area contributed by atoms with Gasteiger partial charge in [0.2, 0.25) is 0 Å². The molecular formula is C17H18N2O2. The first-order valence-corrected chi connectivity index (χ1v) is 7.22. The average molecular weight is 282 g/mol. The smallest absolute Gasteiger partial charge is 0.274 e. The summed E-state index contributed by atoms with van der Waals surface area (Å²) in [5, 5.41) is 14.5. The Bertz CT molecular complexity index is 682. The summed E-state index contributed by atoms with van der Waals surface area (Å²) < 4.78 is 0. The zero-order chi connectivity index (χ0) is 14.8. The maximum atomic E-state index is 11.0. The molecule has 0 bridgehead atoms. The van der Waals surface area contributed by atoms with Crippen LogP contribution in [-0.4, -0.2) is 11.0 Å². The molecule has 1 aliphatic carbocycles. The minimum absolute atomic E-state index is 0.177. The van der Waals surface area contributed by atoms with Crippen molar-refractivity contribution in [1.82, 2.24) is 0 Å². The van der Waals surface area contributed by atoms with Gasteiger partial charge in [-0.2, -0.15) is 0 Å². The highest BCUT2D eigenvalue weighted by molar-refractivity contribution is 5.60. The highest BCUT2D eigenvalue weighted by Crippen LogP contribution is 2.28. The molecule has 0 saturated heterocycles. The van der Waals surface area contributed by atoms with E-state index in [9.17, 15) is 10.1 Å². The molecule has 1 aliphatic rings. The fraction of sp³-hybridized carbons (Fsp3) is 0.294. The van der Waals surface area contributed by atoms with E-state index in [-0.39, 0.29) is 10.6 Å². The molecule has 0 heterocycles. The minimum atomic E-state index is -0.323. The van der Waals surface area contributed by atoms with Crippen LogP contribution in [-0.2, 0) is 12.8 Å². The van der Waals surface area contributed by atoms with Gasteiger partial charge in [-0.05, 0) is 43.4 Å². The predicted molar refractivity (Wildman–Crippen MR) is 83.7 cm³/mol. The number of nitro benzene ring substituents is 1. The number of nitrogens with one attached hydrogen (secondary N) is 1. The molecule has 0 aliphatic heterocycles. The number of benzene rings is 2. The van der Waals surface area contributed by atoms with Crippen LogP contribution >= 0.6 is 0 Å². The Morgan fingerprint density at radius 3 is 2.67 bits per heavy atom. The van der Waals surface area contributed by atoms with Crippen molar-refractivity contribution in [1.29, 1.82) is 0 Å². The zero-order valence-electron chi connectivity index (χ0n) is 12.0. The van der Waals surface area contributed by atoms with E-state index < -0.39 is 0 Å². The van der Waals surface area contributed by atoms with Gasteiger partial charge in [0.05, 0.1) is 4.92 Å². The van der Waals surface area contributed by atoms with Crippen LogP contribution in [0.2, 0.25) is 0 Å². The van der Waals surface area contributed by atoms with Crippen LogP contribution < -0.4 is 5.32 Å². The van der Waals surface area contributed by atoms with Gasteiger partial charge in [-0.1, -0.05) is 30.3 Å². The topological polar surface area (TPSA) is 55.2 Å². The maximum absolute atomic E-state index is 11.0. The summed E-state index contributed by atoms with van der Waals surface area (Å²) in [5.74, 6) is 0. The molecule has 4 nitrogen and oxygen atoms in total. The third kappa shape index (κ3) is 2.75. The first-order valence-electron chi connectivity index (χ1n) is 7.22. The quantitative estimate of drug-likeness (QED) is 0.686. The van der Waals surface area contributed by atoms with Gasteiger partial charge in [0.25, 0.3) is 5.69 Å². The fourth-order valence-electron chi connectivity index (χ4n) is 3.02. The number of fused-ring (bicyclic) bond motifs is 1. The van der Waals surface area contributed by atoms with Crippen LogP contribution in [0.4, 0.5) is 11.4 Å². The van der Waals surface area contributed by atoms with Crippen molar-refractivity contribution >= 4 is 11.4 Å². The lowest BCUT2D eigenvalue weighted by atomic mass is 9.88. The molecule has 21 heavy (non-hydrogen) atoms. The number of nitro groups is 1. The van der Waals surface area contributed by atoms with E-state index in [1.165, 1.54) is 11.1 Å². The van der Waals surface area contributed by atoms with Crippen LogP contribution in [0, 0.1) is 17.0 Å². The van der Waals surface area contributed by atoms with E-state index in [0.29, 0.717) is 11.6 Å². The number of hydrogen-bond donors (Lipinski definition) is 1. The summed E-state index contributed by atoms with van der Waals surface area (Å²) in [5.41, 5.74) is 4.56. The summed E-state index contributed by atoms with van der Waals surface area (Å²) in [6.07, 6.45) is 3.08. The first-order chi connectivity index (χ1) is 10.1. The second-order valence-corrected chi connectivity index (χ2v) is 5.56. The number of hydrogen-bond acceptors (Lipinski definition) is 3. The molecule has 1 atom stereocenters. The molecule has 0 saturated carbocycles. The Kier molecular flexibility index (Phi) is 3.60. The molecule has 1 unspecified atom stereocenters. The Labute approximate surface area is 124 Å². The molecule has 2 aromatic carbocycles. The third-order valence-corrected chi connectivity index (χ3v) is 4.21. The van der Waals surface area contributed by atoms with E-state index in [1.807, 2.05) is 6.07 Å². The first kappa shape index (κ1) is 13.6. The van der Waals surface area contributed by atoms with Gasteiger partial charge in [0.1, 0.15) is 0 Å². The van der Waals surface area contributed by atoms with Crippen molar-refractivity contribution < 1.29 is 4.92 Å². The predicted octanol–water partition coefficient (Wildman–Crippen LogP) is 3.87. The largest absolute Gasteiger partial charge is 0.382 e. The second kappa shape index (κ2) is 5.56. The van der Waals surface area contributed by atoms with Gasteiger partial charge in [-0.15, -0.1) is 0 Å². The third-order valence-electron chi connectivity index (χ3n) is 4.21. The lowest BCUT2D eigenvalue weighted by Gasteiger charge is -2.27. The van der Waals surface area contributed by atoms with Gasteiger partial charge in [0, 0.05) is 23.4 Å². The average Bonchev–Trinajstić information content (AvgIpc) is 2.49. The van der Waals surface area contributed by atoms with Gasteiger partial charge < -0.3 is 5.32 Å². The van der Waals surface area contributed by atoms with Crippen molar-refractivity contribution in [2.45, 2.75) is 32.2 Å². The molecule has 0 fully saturated rings. The summed E-state index contributed by atoms with van der Waals surface area (Å²) in [6, 6.07) is 14.1. The van der Waals surface area contributed by atoms with Crippen molar-refractivity contribution in [3.05, 3.63) is 69.3 Å². The lowest BCUT2D eigenvalue weighted by molar-refractivity contribution is -0.385. The van der Waals surface area contributed by atoms with Crippen LogP contribution in [0.15, 0.2) is 42.5 Å². The summed E-state index contributed by atoms with van der Waals surface area (Å²) in [7, 11) is 0. The molecule has 0 amide bonds. The molecule has 0 aromatic heterocycles. The van der Waals surface area contributed by atoms with Crippen LogP contribution in [0.1, 0.15) is 23.1 Å². The Hall–Kier alpha value is -2.36. The monoisotopic (exact) mass is 282 g/mol. The van der Waals surface area contributed by atoms with Crippen molar-refractivity contribution in [3.8, 4) is 0 Å². The standard InChI is InChI=1S/C17H18N2O2/c1-12-16(7-4-8-17(12)19(20)21)18-15-10-9-13-5-2-3-6-14(13)11-15/h2-8,15,18H,9-11H2,1H3. The molecule has 4 heteroatoms. The molecule has 0 radical (unpaired) electrons. The number of nitrogens with zero attached hydrogens (tertiary/aromatic N) is 1. The van der Waals surface area contributed by atoms with Gasteiger partial charge in [0.15, 0.2) is 0 Å². The second-order valence-electron chi connectivity index (χ2n) is 5.56. The van der Waals surface area contributed by atoms with Crippen molar-refractivity contribution in [3.63, 3.8) is 0 Å². The van der Waals surface area contributed by atoms with Crippen LogP contribution in [0.25, 0.3) is 0 Å². The van der Waals surface area contributed by atoms with E-state index in [1.54, 1.807) is 19.1 Å². The van der Waals surface area contributed by atoms with Gasteiger partial charge >= 0.3 is 0 Å². The minimum Gasteiger partial charge on any atom is -0.382 e. The van der Waals surface area contributed by atoms with E-state index in [4.69, 9.17) is 0 Å². The summed E-state index contributed by atoms with van der Waals surface area (Å²) in [4.78, 5) is 10.7. The van der Waals surface area contributed by atoms with E-state index in [0.717, 1.165) is 24.9 Å². The van der Waals surface area contributed by atoms with Crippen molar-refractivity contribution in [2.75, 3.05) is 5.32 Å². The Morgan fingerprint density at radius 1 is 1.14 bits per heavy atom. The molecule has 0 spiro atoms. The van der Waals surface area contributed by atoms with E-state index in [2.05, 4.69) is 29.6 Å². The number of anilines is 1. The molecule has 3 rings (SSSR count). The Morgan fingerprint density at radius 2 is 1.90 bits per heavy atom. The van der Waals surface area contributed by atoms with Gasteiger partial charge in [-0.3, -0.25) is 10.1 Å². The summed E-state index contributed by atoms with van der Waals surface area (Å²) in [6.45, 7) is 1.80. The Balaban J connectivity index is 1.80. The highest BCUT2D eigenvalue weighted by atomic mass is 16.6. The molecule has 108 valence electrons. The fourth-order valence-corrected chi connectivity index (χ4v) is 3.02. The maximum Gasteiger partial charge on any atom is 0.274 e. The highest BCUT2D eigenvalue weighted by Gasteiger charge is 2.20. The van der Waals surface area contributed by atoms with Crippen LogP contribution in [0.5, 0.6) is 0 Å². The SMILES string of the molecule is Cc1c(NC2CCc3ccccc3C2)cccc1[N+](=O)[O-]. The number of aryl methyl sites for hydroxylation is 1. The van der Waals surface area contributed by atoms with Crippen molar-refractivity contribution in [2.24, 2.45) is 0 Å². The molecule has 2 aromatic rings. The molecular weight excluding hydrogens is 264 g/mol. The number of rotatable bonds is 3. The normalized spacial score (nSPS) is 17.1. The zero-order valence-corrected chi connectivity index (χ0v) is 12.0. The van der Waals surface area contributed by atoms with Crippen LogP contribution in [0.3, 0.4) is 0 Å².